The predicted molar refractivity (Wildman–Crippen MR) is 80.6 cm³/mol. The van der Waals surface area contributed by atoms with Gasteiger partial charge in [-0.3, -0.25) is 4.79 Å². The Bertz CT molecular complexity index is 618. The molecule has 3 atom stereocenters. The van der Waals surface area contributed by atoms with Gasteiger partial charge in [0.25, 0.3) is 0 Å². The third kappa shape index (κ3) is 3.60. The molecule has 1 aromatic carbocycles. The van der Waals surface area contributed by atoms with E-state index in [1.807, 2.05) is 6.07 Å². The Morgan fingerprint density at radius 2 is 2.00 bits per heavy atom. The average molecular weight is 343 g/mol. The van der Waals surface area contributed by atoms with Crippen molar-refractivity contribution in [2.24, 2.45) is 11.8 Å². The van der Waals surface area contributed by atoms with Crippen molar-refractivity contribution >= 4 is 5.91 Å². The summed E-state index contributed by atoms with van der Waals surface area (Å²) >= 11 is 0. The quantitative estimate of drug-likeness (QED) is 0.904. The zero-order chi connectivity index (χ0) is 17.3. The SMILES string of the molecule is C[C@H](NC(=O)[C@H]1CCC[C@@H](C(F)(F)F)C1)c1ccc2c(c1)OCO2. The van der Waals surface area contributed by atoms with Gasteiger partial charge < -0.3 is 14.8 Å². The van der Waals surface area contributed by atoms with Crippen molar-refractivity contribution < 1.29 is 27.4 Å². The van der Waals surface area contributed by atoms with Crippen LogP contribution in [0.25, 0.3) is 0 Å². The summed E-state index contributed by atoms with van der Waals surface area (Å²) in [4.78, 5) is 12.4. The van der Waals surface area contributed by atoms with Crippen molar-refractivity contribution in [2.45, 2.75) is 44.8 Å². The lowest BCUT2D eigenvalue weighted by molar-refractivity contribution is -0.186. The molecule has 1 N–H and O–H groups in total. The molecule has 0 aromatic heterocycles. The van der Waals surface area contributed by atoms with E-state index in [4.69, 9.17) is 9.47 Å². The highest BCUT2D eigenvalue weighted by Gasteiger charge is 2.43. The standard InChI is InChI=1S/C17H20F3NO3/c1-10(11-5-6-14-15(8-11)24-9-23-14)21-16(22)12-3-2-4-13(7-12)17(18,19)20/h5-6,8,10,12-13H,2-4,7,9H2,1H3,(H,21,22)/t10-,12-,13+/m0/s1. The van der Waals surface area contributed by atoms with Gasteiger partial charge in [0, 0.05) is 5.92 Å². The minimum atomic E-state index is -4.22. The van der Waals surface area contributed by atoms with Gasteiger partial charge in [-0.15, -0.1) is 0 Å². The van der Waals surface area contributed by atoms with E-state index in [0.717, 1.165) is 5.56 Å². The number of hydrogen-bond acceptors (Lipinski definition) is 3. The number of halogens is 3. The molecule has 0 spiro atoms. The summed E-state index contributed by atoms with van der Waals surface area (Å²) < 4.78 is 49.2. The highest BCUT2D eigenvalue weighted by atomic mass is 19.4. The molecule has 132 valence electrons. The summed E-state index contributed by atoms with van der Waals surface area (Å²) in [6.45, 7) is 1.97. The molecule has 7 heteroatoms. The maximum atomic E-state index is 12.9. The Kier molecular flexibility index (Phi) is 4.60. The molecule has 1 aromatic rings. The number of nitrogens with one attached hydrogen (secondary N) is 1. The first-order chi connectivity index (χ1) is 11.3. The number of carbonyl (C=O) groups is 1. The first-order valence-corrected chi connectivity index (χ1v) is 8.11. The fourth-order valence-electron chi connectivity index (χ4n) is 3.32. The van der Waals surface area contributed by atoms with E-state index >= 15 is 0 Å². The number of rotatable bonds is 3. The third-order valence-electron chi connectivity index (χ3n) is 4.76. The zero-order valence-corrected chi connectivity index (χ0v) is 13.4. The summed E-state index contributed by atoms with van der Waals surface area (Å²) in [5, 5.41) is 2.83. The van der Waals surface area contributed by atoms with Crippen molar-refractivity contribution in [3.05, 3.63) is 23.8 Å². The molecule has 3 rings (SSSR count). The Morgan fingerprint density at radius 3 is 2.75 bits per heavy atom. The number of hydrogen-bond donors (Lipinski definition) is 1. The molecule has 24 heavy (non-hydrogen) atoms. The minimum absolute atomic E-state index is 0.116. The molecule has 1 aliphatic carbocycles. The van der Waals surface area contributed by atoms with Crippen molar-refractivity contribution in [1.29, 1.82) is 0 Å². The van der Waals surface area contributed by atoms with E-state index in [0.29, 0.717) is 24.3 Å². The molecule has 4 nitrogen and oxygen atoms in total. The van der Waals surface area contributed by atoms with Crippen LogP contribution in [-0.2, 0) is 4.79 Å². The van der Waals surface area contributed by atoms with E-state index in [-0.39, 0.29) is 31.6 Å². The largest absolute Gasteiger partial charge is 0.454 e. The van der Waals surface area contributed by atoms with E-state index in [9.17, 15) is 18.0 Å². The van der Waals surface area contributed by atoms with Gasteiger partial charge >= 0.3 is 6.18 Å². The predicted octanol–water partition coefficient (Wildman–Crippen LogP) is 3.96. The number of amides is 1. The van der Waals surface area contributed by atoms with Gasteiger partial charge in [0.1, 0.15) is 0 Å². The highest BCUT2D eigenvalue weighted by molar-refractivity contribution is 5.79. The normalized spacial score (nSPS) is 24.5. The Morgan fingerprint density at radius 1 is 1.25 bits per heavy atom. The maximum Gasteiger partial charge on any atom is 0.391 e. The zero-order valence-electron chi connectivity index (χ0n) is 13.4. The molecule has 2 aliphatic rings. The molecule has 1 heterocycles. The van der Waals surface area contributed by atoms with E-state index < -0.39 is 18.0 Å². The van der Waals surface area contributed by atoms with Crippen LogP contribution in [0, 0.1) is 11.8 Å². The minimum Gasteiger partial charge on any atom is -0.454 e. The lowest BCUT2D eigenvalue weighted by atomic mass is 9.80. The van der Waals surface area contributed by atoms with Gasteiger partial charge in [0.05, 0.1) is 12.0 Å². The van der Waals surface area contributed by atoms with E-state index in [1.165, 1.54) is 0 Å². The molecule has 1 aliphatic heterocycles. The fraction of sp³-hybridized carbons (Fsp3) is 0.588. The van der Waals surface area contributed by atoms with Gasteiger partial charge in [-0.1, -0.05) is 12.5 Å². The van der Waals surface area contributed by atoms with Crippen LogP contribution in [0.2, 0.25) is 0 Å². The smallest absolute Gasteiger partial charge is 0.391 e. The molecule has 0 bridgehead atoms. The Balaban J connectivity index is 1.61. The molecule has 1 saturated carbocycles. The fourth-order valence-corrected chi connectivity index (χ4v) is 3.32. The van der Waals surface area contributed by atoms with Crippen molar-refractivity contribution in [1.82, 2.24) is 5.32 Å². The van der Waals surface area contributed by atoms with Crippen molar-refractivity contribution in [3.63, 3.8) is 0 Å². The second-order valence-electron chi connectivity index (χ2n) is 6.45. The van der Waals surface area contributed by atoms with E-state index in [1.54, 1.807) is 19.1 Å². The average Bonchev–Trinajstić information content (AvgIpc) is 3.01. The molecule has 1 fully saturated rings. The number of ether oxygens (including phenoxy) is 2. The molecule has 0 saturated heterocycles. The molecular formula is C17H20F3NO3. The van der Waals surface area contributed by atoms with Gasteiger partial charge in [-0.25, -0.2) is 0 Å². The molecule has 1 amide bonds. The second-order valence-corrected chi connectivity index (χ2v) is 6.45. The maximum absolute atomic E-state index is 12.9. The van der Waals surface area contributed by atoms with Crippen molar-refractivity contribution in [3.8, 4) is 11.5 Å². The van der Waals surface area contributed by atoms with Crippen LogP contribution < -0.4 is 14.8 Å². The van der Waals surface area contributed by atoms with Crippen LogP contribution in [0.5, 0.6) is 11.5 Å². The van der Waals surface area contributed by atoms with Gasteiger partial charge in [0.2, 0.25) is 12.7 Å². The lowest BCUT2D eigenvalue weighted by Gasteiger charge is -2.30. The monoisotopic (exact) mass is 343 g/mol. The van der Waals surface area contributed by atoms with E-state index in [2.05, 4.69) is 5.32 Å². The summed E-state index contributed by atoms with van der Waals surface area (Å²) in [5.74, 6) is -1.00. The molecule has 0 radical (unpaired) electrons. The van der Waals surface area contributed by atoms with Crippen molar-refractivity contribution in [2.75, 3.05) is 6.79 Å². The number of benzene rings is 1. The van der Waals surface area contributed by atoms with Gasteiger partial charge in [-0.05, 0) is 43.9 Å². The van der Waals surface area contributed by atoms with Crippen LogP contribution in [0.4, 0.5) is 13.2 Å². The highest BCUT2D eigenvalue weighted by Crippen LogP contribution is 2.40. The van der Waals surface area contributed by atoms with Crippen LogP contribution in [0.15, 0.2) is 18.2 Å². The van der Waals surface area contributed by atoms with Crippen LogP contribution >= 0.6 is 0 Å². The van der Waals surface area contributed by atoms with Crippen LogP contribution in [0.3, 0.4) is 0 Å². The molecule has 0 unspecified atom stereocenters. The number of fused-ring (bicyclic) bond motifs is 1. The number of alkyl halides is 3. The topological polar surface area (TPSA) is 47.6 Å². The summed E-state index contributed by atoms with van der Waals surface area (Å²) in [6.07, 6.45) is -3.29. The summed E-state index contributed by atoms with van der Waals surface area (Å²) in [7, 11) is 0. The van der Waals surface area contributed by atoms with Crippen LogP contribution in [-0.4, -0.2) is 18.9 Å². The Labute approximate surface area is 138 Å². The number of carbonyl (C=O) groups excluding carboxylic acids is 1. The summed E-state index contributed by atoms with van der Waals surface area (Å²) in [5.41, 5.74) is 0.829. The van der Waals surface area contributed by atoms with Crippen LogP contribution in [0.1, 0.15) is 44.2 Å². The lowest BCUT2D eigenvalue weighted by Crippen LogP contribution is -2.38. The first-order valence-electron chi connectivity index (χ1n) is 8.11. The van der Waals surface area contributed by atoms with Gasteiger partial charge in [-0.2, -0.15) is 13.2 Å². The second kappa shape index (κ2) is 6.53. The first kappa shape index (κ1) is 16.9. The Hall–Kier alpha value is -1.92. The third-order valence-corrected chi connectivity index (χ3v) is 4.76. The molecular weight excluding hydrogens is 323 g/mol. The summed E-state index contributed by atoms with van der Waals surface area (Å²) in [6, 6.07) is 5.06. The van der Waals surface area contributed by atoms with Gasteiger partial charge in [0.15, 0.2) is 11.5 Å².